The molecule has 2 fully saturated rings. The minimum Gasteiger partial charge on any atom is -0.467 e. The number of carbonyl (C=O) groups is 3. The molecule has 0 radical (unpaired) electrons. The number of esters is 1. The third-order valence-corrected chi connectivity index (χ3v) is 9.29. The summed E-state index contributed by atoms with van der Waals surface area (Å²) in [5, 5.41) is 2.74. The first-order valence-electron chi connectivity index (χ1n) is 13.7. The molecule has 40 heavy (non-hydrogen) atoms. The number of amides is 2. The Morgan fingerprint density at radius 2 is 1.82 bits per heavy atom. The summed E-state index contributed by atoms with van der Waals surface area (Å²) >= 11 is 3.27. The van der Waals surface area contributed by atoms with E-state index in [2.05, 4.69) is 27.8 Å². The molecule has 1 heterocycles. The zero-order valence-corrected chi connectivity index (χ0v) is 25.5. The van der Waals surface area contributed by atoms with Crippen molar-refractivity contribution in [1.29, 1.82) is 0 Å². The maximum atomic E-state index is 13.9. The number of methoxy groups -OCH3 is 1. The van der Waals surface area contributed by atoms with Crippen LogP contribution in [0.1, 0.15) is 64.7 Å². The van der Waals surface area contributed by atoms with Crippen molar-refractivity contribution in [2.45, 2.75) is 93.9 Å². The molecular formula is C28H39BrN2O8S. The van der Waals surface area contributed by atoms with E-state index >= 15 is 0 Å². The molecule has 222 valence electrons. The average molecular weight is 644 g/mol. The van der Waals surface area contributed by atoms with E-state index in [1.54, 1.807) is 12.1 Å². The van der Waals surface area contributed by atoms with Gasteiger partial charge >= 0.3 is 12.1 Å². The Bertz CT molecular complexity index is 1140. The Labute approximate surface area is 245 Å². The molecular weight excluding hydrogens is 604 g/mol. The second-order valence-electron chi connectivity index (χ2n) is 10.4. The highest BCUT2D eigenvalue weighted by Gasteiger charge is 2.45. The average Bonchev–Trinajstić information content (AvgIpc) is 3.59. The Morgan fingerprint density at radius 3 is 2.45 bits per heavy atom. The normalized spacial score (nSPS) is 21.0. The van der Waals surface area contributed by atoms with Gasteiger partial charge in [0.1, 0.15) is 18.2 Å². The highest BCUT2D eigenvalue weighted by Crippen LogP contribution is 2.28. The lowest BCUT2D eigenvalue weighted by Gasteiger charge is -2.31. The van der Waals surface area contributed by atoms with E-state index in [-0.39, 0.29) is 29.9 Å². The quantitative estimate of drug-likeness (QED) is 0.142. The summed E-state index contributed by atoms with van der Waals surface area (Å²) in [6.45, 7) is 5.44. The fraction of sp³-hybridized carbons (Fsp3) is 0.607. The van der Waals surface area contributed by atoms with Crippen molar-refractivity contribution in [3.8, 4) is 0 Å². The monoisotopic (exact) mass is 642 g/mol. The largest absolute Gasteiger partial charge is 0.467 e. The summed E-state index contributed by atoms with van der Waals surface area (Å²) in [6, 6.07) is 3.92. The number of hydrogen-bond donors (Lipinski definition) is 1. The molecule has 0 bridgehead atoms. The Morgan fingerprint density at radius 1 is 1.15 bits per heavy atom. The van der Waals surface area contributed by atoms with Gasteiger partial charge in [-0.3, -0.25) is 8.98 Å². The van der Waals surface area contributed by atoms with Gasteiger partial charge in [0.15, 0.2) is 0 Å². The van der Waals surface area contributed by atoms with Gasteiger partial charge < -0.3 is 19.7 Å². The number of allylic oxidation sites excluding steroid dienone is 1. The van der Waals surface area contributed by atoms with Crippen LogP contribution in [0.3, 0.4) is 0 Å². The van der Waals surface area contributed by atoms with Crippen LogP contribution in [-0.2, 0) is 33.4 Å². The minimum atomic E-state index is -4.16. The number of halogens is 1. The van der Waals surface area contributed by atoms with E-state index in [4.69, 9.17) is 13.7 Å². The van der Waals surface area contributed by atoms with Gasteiger partial charge in [-0.15, -0.1) is 6.58 Å². The molecule has 0 unspecified atom stereocenters. The van der Waals surface area contributed by atoms with Gasteiger partial charge in [-0.25, -0.2) is 9.59 Å². The van der Waals surface area contributed by atoms with Gasteiger partial charge in [-0.05, 0) is 75.1 Å². The Hall–Kier alpha value is -2.44. The molecule has 0 aromatic heterocycles. The van der Waals surface area contributed by atoms with Crippen LogP contribution in [-0.4, -0.2) is 69.2 Å². The second kappa shape index (κ2) is 15.0. The van der Waals surface area contributed by atoms with Crippen LogP contribution in [0.2, 0.25) is 0 Å². The van der Waals surface area contributed by atoms with Gasteiger partial charge in [0.25, 0.3) is 10.1 Å². The first kappa shape index (κ1) is 32.1. The molecule has 10 nitrogen and oxygen atoms in total. The number of nitrogens with one attached hydrogen (secondary N) is 1. The number of likely N-dealkylation sites (tertiary alicyclic amines) is 1. The van der Waals surface area contributed by atoms with E-state index in [1.165, 1.54) is 24.1 Å². The smallest absolute Gasteiger partial charge is 0.408 e. The highest BCUT2D eigenvalue weighted by atomic mass is 79.9. The van der Waals surface area contributed by atoms with Crippen LogP contribution in [0.25, 0.3) is 0 Å². The summed E-state index contributed by atoms with van der Waals surface area (Å²) in [4.78, 5) is 40.6. The van der Waals surface area contributed by atoms with Crippen molar-refractivity contribution >= 4 is 44.0 Å². The zero-order chi connectivity index (χ0) is 29.3. The molecule has 3 rings (SSSR count). The number of nitrogens with zero attached hydrogens (tertiary/aromatic N) is 1. The van der Waals surface area contributed by atoms with Crippen LogP contribution >= 0.6 is 15.9 Å². The van der Waals surface area contributed by atoms with Gasteiger partial charge in [0, 0.05) is 17.4 Å². The maximum absolute atomic E-state index is 13.9. The maximum Gasteiger partial charge on any atom is 0.408 e. The van der Waals surface area contributed by atoms with Crippen molar-refractivity contribution in [2.75, 3.05) is 13.7 Å². The van der Waals surface area contributed by atoms with Crippen LogP contribution in [0, 0.1) is 5.92 Å². The predicted molar refractivity (Wildman–Crippen MR) is 152 cm³/mol. The second-order valence-corrected chi connectivity index (χ2v) is 12.9. The van der Waals surface area contributed by atoms with Gasteiger partial charge in [-0.2, -0.15) is 8.42 Å². The Balaban J connectivity index is 1.78. The summed E-state index contributed by atoms with van der Waals surface area (Å²) < 4.78 is 42.5. The lowest BCUT2D eigenvalue weighted by Crippen LogP contribution is -2.54. The molecule has 1 aliphatic heterocycles. The summed E-state index contributed by atoms with van der Waals surface area (Å²) in [5.74, 6) is -1.48. The molecule has 1 saturated heterocycles. The van der Waals surface area contributed by atoms with Crippen LogP contribution in [0.15, 0.2) is 46.3 Å². The number of carbonyl (C=O) groups excluding carboxylic acids is 3. The first-order chi connectivity index (χ1) is 19.1. The minimum absolute atomic E-state index is 0.0440. The van der Waals surface area contributed by atoms with Gasteiger partial charge in [0.2, 0.25) is 5.91 Å². The van der Waals surface area contributed by atoms with Crippen molar-refractivity contribution in [3.63, 3.8) is 0 Å². The van der Waals surface area contributed by atoms with Crippen molar-refractivity contribution in [3.05, 3.63) is 41.4 Å². The number of rotatable bonds is 13. The van der Waals surface area contributed by atoms with Gasteiger partial charge in [-0.1, -0.05) is 35.4 Å². The molecule has 1 N–H and O–H groups in total. The predicted octanol–water partition coefficient (Wildman–Crippen LogP) is 4.72. The number of ether oxygens (including phenoxy) is 2. The summed E-state index contributed by atoms with van der Waals surface area (Å²) in [7, 11) is -2.96. The third-order valence-electron chi connectivity index (χ3n) is 7.39. The van der Waals surface area contributed by atoms with E-state index in [0.29, 0.717) is 10.9 Å². The fourth-order valence-electron chi connectivity index (χ4n) is 5.17. The molecule has 0 spiro atoms. The van der Waals surface area contributed by atoms with Crippen LogP contribution in [0.5, 0.6) is 0 Å². The van der Waals surface area contributed by atoms with Crippen LogP contribution in [0.4, 0.5) is 4.79 Å². The van der Waals surface area contributed by atoms with Gasteiger partial charge in [0.05, 0.1) is 18.1 Å². The molecule has 2 amide bonds. The summed E-state index contributed by atoms with van der Waals surface area (Å²) in [5.41, 5.74) is 0. The Kier molecular flexibility index (Phi) is 12.0. The van der Waals surface area contributed by atoms with E-state index < -0.39 is 46.3 Å². The lowest BCUT2D eigenvalue weighted by atomic mass is 9.94. The molecule has 1 aromatic carbocycles. The standard InChI is InChI=1S/C28H39BrN2O8S/c1-4-5-6-7-10-19(2)25(30-28(34)38-21-11-8-9-12-21)26(32)31-18-22(17-24(31)27(33)37-3)39-40(35,36)23-15-13-20(29)14-16-23/h4,13-16,19,21-22,24-25H,1,5-12,17-18H2,2-3H3,(H,30,34)/t19-,22+,24+,25+/m1/s1. The fourth-order valence-corrected chi connectivity index (χ4v) is 6.52. The molecule has 4 atom stereocenters. The molecule has 1 aliphatic carbocycles. The van der Waals surface area contributed by atoms with E-state index in [0.717, 1.165) is 44.9 Å². The number of alkyl carbamates (subject to hydrolysis) is 1. The number of unbranched alkanes of at least 4 members (excludes halogenated alkanes) is 2. The molecule has 1 saturated carbocycles. The van der Waals surface area contributed by atoms with Crippen LogP contribution < -0.4 is 5.32 Å². The SMILES string of the molecule is C=CCCCC[C@@H](C)[C@H](NC(=O)OC1CCCC1)C(=O)N1C[C@@H](OS(=O)(=O)c2ccc(Br)cc2)C[C@H]1C(=O)OC. The topological polar surface area (TPSA) is 128 Å². The van der Waals surface area contributed by atoms with E-state index in [9.17, 15) is 22.8 Å². The third kappa shape index (κ3) is 8.78. The summed E-state index contributed by atoms with van der Waals surface area (Å²) in [6.07, 6.45) is 6.64. The molecule has 12 heteroatoms. The highest BCUT2D eigenvalue weighted by molar-refractivity contribution is 9.10. The van der Waals surface area contributed by atoms with Crippen molar-refractivity contribution < 1.29 is 36.5 Å². The van der Waals surface area contributed by atoms with E-state index in [1.807, 2.05) is 13.0 Å². The lowest BCUT2D eigenvalue weighted by molar-refractivity contribution is -0.152. The van der Waals surface area contributed by atoms with Crippen molar-refractivity contribution in [2.24, 2.45) is 5.92 Å². The number of benzene rings is 1. The molecule has 2 aliphatic rings. The first-order valence-corrected chi connectivity index (χ1v) is 15.9. The molecule has 1 aromatic rings. The number of hydrogen-bond acceptors (Lipinski definition) is 8. The van der Waals surface area contributed by atoms with Crippen molar-refractivity contribution in [1.82, 2.24) is 10.2 Å². The zero-order valence-electron chi connectivity index (χ0n) is 23.1.